The molecule has 2 aromatic heterocycles. The van der Waals surface area contributed by atoms with Gasteiger partial charge in [0.1, 0.15) is 11.6 Å². The summed E-state index contributed by atoms with van der Waals surface area (Å²) in [6, 6.07) is 16.4. The van der Waals surface area contributed by atoms with Crippen molar-refractivity contribution in [2.75, 3.05) is 17.6 Å². The maximum Gasteiger partial charge on any atom is 0.239 e. The molecule has 0 unspecified atom stereocenters. The average molecular weight is 505 g/mol. The normalized spacial score (nSPS) is 10.9. The number of benzene rings is 2. The number of nitrogens with one attached hydrogen (secondary N) is 1. The van der Waals surface area contributed by atoms with E-state index in [9.17, 15) is 4.39 Å². The molecule has 0 spiro atoms. The van der Waals surface area contributed by atoms with Crippen LogP contribution in [0, 0.1) is 5.82 Å². The summed E-state index contributed by atoms with van der Waals surface area (Å²) in [6.45, 7) is 0. The van der Waals surface area contributed by atoms with Crippen molar-refractivity contribution in [1.29, 1.82) is 0 Å². The predicted octanol–water partition coefficient (Wildman–Crippen LogP) is 6.21. The van der Waals surface area contributed by atoms with Gasteiger partial charge in [-0.3, -0.25) is 9.29 Å². The van der Waals surface area contributed by atoms with E-state index >= 15 is 0 Å². The number of aryl methyl sites for hydroxylation is 1. The first-order valence-corrected chi connectivity index (χ1v) is 11.8. The van der Waals surface area contributed by atoms with Gasteiger partial charge in [-0.15, -0.1) is 21.5 Å². The number of ether oxygens (including phenoxy) is 1. The summed E-state index contributed by atoms with van der Waals surface area (Å²) < 4.78 is 24.8. The molecule has 30 heavy (non-hydrogen) atoms. The SMILES string of the molecule is COc1ccc(Br)cc1-n1c(NSCCc2ccc(F)cc2)nnc1-c1cccs1. The van der Waals surface area contributed by atoms with Crippen LogP contribution < -0.4 is 9.46 Å². The predicted molar refractivity (Wildman–Crippen MR) is 125 cm³/mol. The van der Waals surface area contributed by atoms with Crippen molar-refractivity contribution < 1.29 is 9.13 Å². The number of nitrogens with zero attached hydrogens (tertiary/aromatic N) is 3. The number of aromatic nitrogens is 3. The molecule has 0 saturated carbocycles. The second-order valence-corrected chi connectivity index (χ2v) is 9.07. The summed E-state index contributed by atoms with van der Waals surface area (Å²) >= 11 is 6.67. The van der Waals surface area contributed by atoms with Crippen LogP contribution in [0.1, 0.15) is 5.56 Å². The molecule has 2 aromatic carbocycles. The fourth-order valence-electron chi connectivity index (χ4n) is 2.92. The molecule has 2 heterocycles. The van der Waals surface area contributed by atoms with Crippen molar-refractivity contribution in [2.45, 2.75) is 6.42 Å². The standard InChI is InChI=1S/C21H18BrFN4OS2/c1-28-18-9-6-15(22)13-17(18)27-20(19-3-2-11-29-19)24-25-21(27)26-30-12-10-14-4-7-16(23)8-5-14/h2-9,11,13H,10,12H2,1H3,(H,25,26). The van der Waals surface area contributed by atoms with Crippen LogP contribution in [0.5, 0.6) is 5.75 Å². The van der Waals surface area contributed by atoms with E-state index in [1.807, 2.05) is 40.3 Å². The zero-order chi connectivity index (χ0) is 20.9. The fourth-order valence-corrected chi connectivity index (χ4v) is 4.67. The van der Waals surface area contributed by atoms with E-state index in [0.717, 1.165) is 44.3 Å². The first kappa shape index (κ1) is 20.9. The molecule has 5 nitrogen and oxygen atoms in total. The minimum absolute atomic E-state index is 0.221. The lowest BCUT2D eigenvalue weighted by Gasteiger charge is -2.14. The van der Waals surface area contributed by atoms with Crippen LogP contribution in [-0.2, 0) is 6.42 Å². The number of methoxy groups -OCH3 is 1. The number of thiophene rings is 1. The van der Waals surface area contributed by atoms with Gasteiger partial charge in [0.05, 0.1) is 17.7 Å². The molecule has 0 aliphatic rings. The van der Waals surface area contributed by atoms with Gasteiger partial charge in [0.15, 0.2) is 5.82 Å². The maximum atomic E-state index is 13.1. The first-order chi connectivity index (χ1) is 14.7. The van der Waals surface area contributed by atoms with E-state index in [1.54, 1.807) is 30.6 Å². The molecule has 0 aliphatic heterocycles. The van der Waals surface area contributed by atoms with E-state index in [4.69, 9.17) is 4.74 Å². The Morgan fingerprint density at radius 3 is 2.73 bits per heavy atom. The lowest BCUT2D eigenvalue weighted by molar-refractivity contribution is 0.413. The van der Waals surface area contributed by atoms with E-state index in [1.165, 1.54) is 24.1 Å². The Morgan fingerprint density at radius 1 is 1.17 bits per heavy atom. The van der Waals surface area contributed by atoms with Crippen molar-refractivity contribution >= 4 is 45.2 Å². The van der Waals surface area contributed by atoms with Crippen LogP contribution >= 0.6 is 39.2 Å². The van der Waals surface area contributed by atoms with Gasteiger partial charge in [-0.05, 0) is 65.7 Å². The fraction of sp³-hybridized carbons (Fsp3) is 0.143. The van der Waals surface area contributed by atoms with Crippen LogP contribution in [0.4, 0.5) is 10.3 Å². The Labute approximate surface area is 190 Å². The van der Waals surface area contributed by atoms with Gasteiger partial charge in [0.2, 0.25) is 5.95 Å². The van der Waals surface area contributed by atoms with Gasteiger partial charge in [0.25, 0.3) is 0 Å². The second-order valence-electron chi connectivity index (χ2n) is 6.30. The van der Waals surface area contributed by atoms with Crippen LogP contribution in [0.15, 0.2) is 64.5 Å². The van der Waals surface area contributed by atoms with Crippen LogP contribution in [-0.4, -0.2) is 27.6 Å². The summed E-state index contributed by atoms with van der Waals surface area (Å²) in [6.07, 6.45) is 0.810. The molecule has 0 amide bonds. The summed E-state index contributed by atoms with van der Waals surface area (Å²) in [5, 5.41) is 10.8. The minimum atomic E-state index is -0.221. The topological polar surface area (TPSA) is 52.0 Å². The molecule has 4 rings (SSSR count). The third-order valence-electron chi connectivity index (χ3n) is 4.36. The zero-order valence-corrected chi connectivity index (χ0v) is 19.2. The highest BCUT2D eigenvalue weighted by Gasteiger charge is 2.19. The van der Waals surface area contributed by atoms with Crippen molar-refractivity contribution in [3.63, 3.8) is 0 Å². The maximum absolute atomic E-state index is 13.1. The summed E-state index contributed by atoms with van der Waals surface area (Å²) in [5.41, 5.74) is 1.92. The zero-order valence-electron chi connectivity index (χ0n) is 16.0. The highest BCUT2D eigenvalue weighted by atomic mass is 79.9. The molecule has 0 radical (unpaired) electrons. The average Bonchev–Trinajstić information content (AvgIpc) is 3.42. The minimum Gasteiger partial charge on any atom is -0.495 e. The van der Waals surface area contributed by atoms with E-state index in [0.29, 0.717) is 5.95 Å². The summed E-state index contributed by atoms with van der Waals surface area (Å²) in [5.74, 6) is 2.64. The second kappa shape index (κ2) is 9.63. The molecule has 0 fully saturated rings. The van der Waals surface area contributed by atoms with Crippen LogP contribution in [0.25, 0.3) is 16.4 Å². The van der Waals surface area contributed by atoms with Gasteiger partial charge in [-0.25, -0.2) is 4.39 Å². The molecule has 0 saturated heterocycles. The summed E-state index contributed by atoms with van der Waals surface area (Å²) in [7, 11) is 1.65. The lowest BCUT2D eigenvalue weighted by atomic mass is 10.2. The highest BCUT2D eigenvalue weighted by molar-refractivity contribution is 9.10. The van der Waals surface area contributed by atoms with E-state index in [2.05, 4.69) is 30.8 Å². The van der Waals surface area contributed by atoms with Crippen molar-refractivity contribution in [3.8, 4) is 22.1 Å². The van der Waals surface area contributed by atoms with Gasteiger partial charge in [0, 0.05) is 10.2 Å². The van der Waals surface area contributed by atoms with Gasteiger partial charge in [-0.1, -0.05) is 34.1 Å². The Balaban J connectivity index is 1.59. The Hall–Kier alpha value is -2.36. The van der Waals surface area contributed by atoms with E-state index < -0.39 is 0 Å². The van der Waals surface area contributed by atoms with Crippen LogP contribution in [0.2, 0.25) is 0 Å². The number of halogens is 2. The highest BCUT2D eigenvalue weighted by Crippen LogP contribution is 2.35. The van der Waals surface area contributed by atoms with Crippen LogP contribution in [0.3, 0.4) is 0 Å². The summed E-state index contributed by atoms with van der Waals surface area (Å²) in [4.78, 5) is 1.01. The first-order valence-electron chi connectivity index (χ1n) is 9.11. The largest absolute Gasteiger partial charge is 0.495 e. The third kappa shape index (κ3) is 4.69. The molecule has 0 bridgehead atoms. The number of rotatable bonds is 8. The Morgan fingerprint density at radius 2 is 2.00 bits per heavy atom. The number of hydrogen-bond acceptors (Lipinski definition) is 6. The van der Waals surface area contributed by atoms with Crippen molar-refractivity contribution in [1.82, 2.24) is 14.8 Å². The van der Waals surface area contributed by atoms with E-state index in [-0.39, 0.29) is 5.82 Å². The van der Waals surface area contributed by atoms with Crippen molar-refractivity contribution in [3.05, 3.63) is 75.8 Å². The monoisotopic (exact) mass is 504 g/mol. The molecular formula is C21H18BrFN4OS2. The van der Waals surface area contributed by atoms with Gasteiger partial charge in [-0.2, -0.15) is 0 Å². The molecule has 9 heteroatoms. The molecule has 0 aliphatic carbocycles. The molecule has 4 aromatic rings. The lowest BCUT2D eigenvalue weighted by Crippen LogP contribution is -2.05. The molecule has 154 valence electrons. The molecule has 1 N–H and O–H groups in total. The number of anilines is 1. The molecule has 0 atom stereocenters. The third-order valence-corrected chi connectivity index (χ3v) is 6.45. The number of hydrogen-bond donors (Lipinski definition) is 1. The van der Waals surface area contributed by atoms with Crippen molar-refractivity contribution in [2.24, 2.45) is 0 Å². The Kier molecular flexibility index (Phi) is 6.71. The molecular weight excluding hydrogens is 487 g/mol. The quantitative estimate of drug-likeness (QED) is 0.228. The van der Waals surface area contributed by atoms with Gasteiger partial charge >= 0.3 is 0 Å². The Bertz CT molecular complexity index is 1120. The smallest absolute Gasteiger partial charge is 0.239 e. The van der Waals surface area contributed by atoms with Gasteiger partial charge < -0.3 is 4.74 Å².